The number of benzene rings is 1. The summed E-state index contributed by atoms with van der Waals surface area (Å²) in [5.74, 6) is 6.16. The zero-order chi connectivity index (χ0) is 14.3. The van der Waals surface area contributed by atoms with Gasteiger partial charge in [-0.3, -0.25) is 11.3 Å². The summed E-state index contributed by atoms with van der Waals surface area (Å²) in [6.07, 6.45) is 0.982. The van der Waals surface area contributed by atoms with Crippen molar-refractivity contribution in [3.8, 4) is 0 Å². The van der Waals surface area contributed by atoms with Crippen molar-refractivity contribution in [2.24, 2.45) is 11.8 Å². The van der Waals surface area contributed by atoms with Gasteiger partial charge in [0.15, 0.2) is 0 Å². The van der Waals surface area contributed by atoms with Gasteiger partial charge in [0.25, 0.3) is 0 Å². The van der Waals surface area contributed by atoms with E-state index in [9.17, 15) is 0 Å². The molecule has 0 radical (unpaired) electrons. The molecule has 0 amide bonds. The van der Waals surface area contributed by atoms with Crippen LogP contribution in [0.2, 0.25) is 0 Å². The molecule has 106 valence electrons. The molecule has 0 aliphatic carbocycles. The number of rotatable bonds is 3. The summed E-state index contributed by atoms with van der Waals surface area (Å²) in [6.45, 7) is 8.58. The van der Waals surface area contributed by atoms with Gasteiger partial charge in [-0.05, 0) is 45.7 Å². The monoisotopic (exact) mass is 326 g/mol. The molecular weight excluding hydrogens is 304 g/mol. The van der Waals surface area contributed by atoms with Gasteiger partial charge in [0, 0.05) is 10.4 Å². The summed E-state index contributed by atoms with van der Waals surface area (Å²) in [4.78, 5) is 0. The van der Waals surface area contributed by atoms with Gasteiger partial charge in [0.2, 0.25) is 0 Å². The van der Waals surface area contributed by atoms with Gasteiger partial charge in [0.05, 0.1) is 17.2 Å². The molecule has 3 nitrogen and oxygen atoms in total. The summed E-state index contributed by atoms with van der Waals surface area (Å²) in [6, 6.07) is 8.29. The Morgan fingerprint density at radius 2 is 1.95 bits per heavy atom. The van der Waals surface area contributed by atoms with Crippen molar-refractivity contribution in [2.75, 3.05) is 0 Å². The fourth-order valence-electron chi connectivity index (χ4n) is 3.27. The highest BCUT2D eigenvalue weighted by atomic mass is 79.9. The standard InChI is InChI=1S/C15H23BrN2O/c1-14(2)9-11(15(3,4)19-14)13(18-17)10-7-5-6-8-12(10)16/h5-8,11,13,18H,9,17H2,1-4H3. The van der Waals surface area contributed by atoms with Gasteiger partial charge < -0.3 is 4.74 Å². The average molecular weight is 327 g/mol. The molecule has 1 heterocycles. The van der Waals surface area contributed by atoms with E-state index in [1.54, 1.807) is 0 Å². The first-order chi connectivity index (χ1) is 8.77. The highest BCUT2D eigenvalue weighted by Gasteiger charge is 2.49. The molecule has 1 saturated heterocycles. The maximum absolute atomic E-state index is 6.18. The van der Waals surface area contributed by atoms with Crippen LogP contribution in [-0.4, -0.2) is 11.2 Å². The quantitative estimate of drug-likeness (QED) is 0.659. The summed E-state index contributed by atoms with van der Waals surface area (Å²) in [5, 5.41) is 0. The van der Waals surface area contributed by atoms with E-state index in [1.165, 1.54) is 5.56 Å². The fourth-order valence-corrected chi connectivity index (χ4v) is 3.81. The Bertz CT molecular complexity index is 459. The highest BCUT2D eigenvalue weighted by molar-refractivity contribution is 9.10. The second-order valence-corrected chi connectivity index (χ2v) is 7.30. The summed E-state index contributed by atoms with van der Waals surface area (Å²) in [5.41, 5.74) is 3.86. The lowest BCUT2D eigenvalue weighted by Gasteiger charge is -2.33. The van der Waals surface area contributed by atoms with E-state index >= 15 is 0 Å². The second kappa shape index (κ2) is 5.17. The second-order valence-electron chi connectivity index (χ2n) is 6.44. The van der Waals surface area contributed by atoms with E-state index < -0.39 is 0 Å². The summed E-state index contributed by atoms with van der Waals surface area (Å²) in [7, 11) is 0. The number of nitrogens with two attached hydrogens (primary N) is 1. The molecular formula is C15H23BrN2O. The number of hydrogen-bond donors (Lipinski definition) is 2. The first-order valence-electron chi connectivity index (χ1n) is 6.67. The van der Waals surface area contributed by atoms with Crippen molar-refractivity contribution in [1.82, 2.24) is 5.43 Å². The van der Waals surface area contributed by atoms with Crippen molar-refractivity contribution in [3.05, 3.63) is 34.3 Å². The number of hydrazine groups is 1. The van der Waals surface area contributed by atoms with Gasteiger partial charge in [-0.1, -0.05) is 34.1 Å². The zero-order valence-corrected chi connectivity index (χ0v) is 13.6. The Morgan fingerprint density at radius 1 is 1.32 bits per heavy atom. The molecule has 1 aromatic carbocycles. The lowest BCUT2D eigenvalue weighted by atomic mass is 9.79. The molecule has 1 aliphatic heterocycles. The van der Waals surface area contributed by atoms with Crippen LogP contribution in [-0.2, 0) is 4.74 Å². The third kappa shape index (κ3) is 3.02. The molecule has 0 saturated carbocycles. The SMILES string of the molecule is CC1(C)CC(C(NN)c2ccccc2Br)C(C)(C)O1. The van der Waals surface area contributed by atoms with Gasteiger partial charge in [0.1, 0.15) is 0 Å². The first kappa shape index (κ1) is 15.0. The molecule has 2 rings (SSSR count). The van der Waals surface area contributed by atoms with E-state index in [1.807, 2.05) is 18.2 Å². The Balaban J connectivity index is 2.36. The lowest BCUT2D eigenvalue weighted by molar-refractivity contribution is -0.0779. The molecule has 0 spiro atoms. The van der Waals surface area contributed by atoms with Gasteiger partial charge in [-0.25, -0.2) is 0 Å². The van der Waals surface area contributed by atoms with Gasteiger partial charge in [-0.2, -0.15) is 0 Å². The summed E-state index contributed by atoms with van der Waals surface area (Å²) >= 11 is 3.61. The third-order valence-electron chi connectivity index (χ3n) is 3.97. The van der Waals surface area contributed by atoms with Crippen LogP contribution in [0, 0.1) is 5.92 Å². The lowest BCUT2D eigenvalue weighted by Crippen LogP contribution is -2.41. The highest BCUT2D eigenvalue weighted by Crippen LogP contribution is 2.48. The Morgan fingerprint density at radius 3 is 2.42 bits per heavy atom. The van der Waals surface area contributed by atoms with Crippen molar-refractivity contribution < 1.29 is 4.74 Å². The molecule has 0 bridgehead atoms. The molecule has 19 heavy (non-hydrogen) atoms. The van der Waals surface area contributed by atoms with E-state index in [0.717, 1.165) is 10.9 Å². The molecule has 1 fully saturated rings. The number of halogens is 1. The van der Waals surface area contributed by atoms with Crippen LogP contribution in [0.3, 0.4) is 0 Å². The largest absolute Gasteiger partial charge is 0.369 e. The molecule has 2 atom stereocenters. The van der Waals surface area contributed by atoms with Crippen LogP contribution in [0.1, 0.15) is 45.7 Å². The number of hydrogen-bond acceptors (Lipinski definition) is 3. The maximum Gasteiger partial charge on any atom is 0.0681 e. The molecule has 4 heteroatoms. The van der Waals surface area contributed by atoms with E-state index in [4.69, 9.17) is 10.6 Å². The van der Waals surface area contributed by atoms with Crippen molar-refractivity contribution in [3.63, 3.8) is 0 Å². The molecule has 1 aliphatic rings. The van der Waals surface area contributed by atoms with Gasteiger partial charge >= 0.3 is 0 Å². The number of ether oxygens (including phenoxy) is 1. The molecule has 3 N–H and O–H groups in total. The van der Waals surface area contributed by atoms with Crippen LogP contribution in [0.25, 0.3) is 0 Å². The zero-order valence-electron chi connectivity index (χ0n) is 12.0. The van der Waals surface area contributed by atoms with Crippen LogP contribution in [0.15, 0.2) is 28.7 Å². The normalized spacial score (nSPS) is 26.3. The topological polar surface area (TPSA) is 47.3 Å². The van der Waals surface area contributed by atoms with Crippen LogP contribution < -0.4 is 11.3 Å². The Hall–Kier alpha value is -0.420. The molecule has 2 unspecified atom stereocenters. The summed E-state index contributed by atoms with van der Waals surface area (Å²) < 4.78 is 7.26. The van der Waals surface area contributed by atoms with E-state index in [-0.39, 0.29) is 17.2 Å². The number of nitrogens with one attached hydrogen (secondary N) is 1. The van der Waals surface area contributed by atoms with Crippen molar-refractivity contribution >= 4 is 15.9 Å². The van der Waals surface area contributed by atoms with E-state index in [2.05, 4.69) is 55.1 Å². The first-order valence-corrected chi connectivity index (χ1v) is 7.47. The Kier molecular flexibility index (Phi) is 4.07. The minimum atomic E-state index is -0.199. The minimum Gasteiger partial charge on any atom is -0.369 e. The van der Waals surface area contributed by atoms with E-state index in [0.29, 0.717) is 5.92 Å². The maximum atomic E-state index is 6.18. The van der Waals surface area contributed by atoms with Crippen LogP contribution in [0.4, 0.5) is 0 Å². The predicted octanol–water partition coefficient (Wildman–Crippen LogP) is 3.55. The van der Waals surface area contributed by atoms with Crippen molar-refractivity contribution in [1.29, 1.82) is 0 Å². The van der Waals surface area contributed by atoms with Crippen LogP contribution in [0.5, 0.6) is 0 Å². The fraction of sp³-hybridized carbons (Fsp3) is 0.600. The van der Waals surface area contributed by atoms with Gasteiger partial charge in [-0.15, -0.1) is 0 Å². The third-order valence-corrected chi connectivity index (χ3v) is 4.69. The van der Waals surface area contributed by atoms with Crippen LogP contribution >= 0.6 is 15.9 Å². The smallest absolute Gasteiger partial charge is 0.0681 e. The minimum absolute atomic E-state index is 0.0762. The molecule has 0 aromatic heterocycles. The molecule has 1 aromatic rings. The van der Waals surface area contributed by atoms with Crippen molar-refractivity contribution in [2.45, 2.75) is 51.4 Å². The predicted molar refractivity (Wildman–Crippen MR) is 81.6 cm³/mol. The Labute approximate surface area is 124 Å². The average Bonchev–Trinajstić information content (AvgIpc) is 2.51.